The molecule has 0 bridgehead atoms. The fourth-order valence-electron chi connectivity index (χ4n) is 2.14. The second-order valence-corrected chi connectivity index (χ2v) is 5.98. The molecule has 0 atom stereocenters. The summed E-state index contributed by atoms with van der Waals surface area (Å²) >= 11 is 12.2. The van der Waals surface area contributed by atoms with Crippen molar-refractivity contribution < 1.29 is 4.79 Å². The van der Waals surface area contributed by atoms with Crippen molar-refractivity contribution in [2.75, 3.05) is 6.54 Å². The van der Waals surface area contributed by atoms with Crippen LogP contribution in [0.15, 0.2) is 12.1 Å². The summed E-state index contributed by atoms with van der Waals surface area (Å²) in [5.74, 6) is -0.0656. The molecule has 98 valence electrons. The second-order valence-electron chi connectivity index (χ2n) is 5.20. The van der Waals surface area contributed by atoms with Gasteiger partial charge in [-0.2, -0.15) is 0 Å². The molecule has 18 heavy (non-hydrogen) atoms. The zero-order chi connectivity index (χ0) is 13.5. The third-order valence-corrected chi connectivity index (χ3v) is 3.97. The zero-order valence-electron chi connectivity index (χ0n) is 10.5. The molecule has 2 N–H and O–H groups in total. The molecule has 0 spiro atoms. The summed E-state index contributed by atoms with van der Waals surface area (Å²) < 4.78 is 0. The summed E-state index contributed by atoms with van der Waals surface area (Å²) in [6, 6.07) is 3.77. The molecular formula is C13H16Cl2N2O. The highest BCUT2D eigenvalue weighted by Gasteiger charge is 2.31. The standard InChI is InChI=1S/C13H16Cl2N2O/c1-13(2,16)12(18)17-6-5-8-3-4-10(14)11(15)9(8)7-17/h3-4H,5-7,16H2,1-2H3. The van der Waals surface area contributed by atoms with E-state index in [4.69, 9.17) is 28.9 Å². The molecule has 1 aromatic rings. The van der Waals surface area contributed by atoms with Crippen molar-refractivity contribution in [1.82, 2.24) is 4.90 Å². The number of carbonyl (C=O) groups excluding carboxylic acids is 1. The minimum absolute atomic E-state index is 0.0656. The lowest BCUT2D eigenvalue weighted by Gasteiger charge is -2.34. The normalized spacial score (nSPS) is 15.5. The van der Waals surface area contributed by atoms with Crippen LogP contribution in [0, 0.1) is 0 Å². The molecule has 3 nitrogen and oxygen atoms in total. The Morgan fingerprint density at radius 2 is 2.06 bits per heavy atom. The Morgan fingerprint density at radius 3 is 2.67 bits per heavy atom. The van der Waals surface area contributed by atoms with Crippen LogP contribution in [-0.4, -0.2) is 22.9 Å². The topological polar surface area (TPSA) is 46.3 Å². The van der Waals surface area contributed by atoms with Crippen LogP contribution < -0.4 is 5.73 Å². The Hall–Kier alpha value is -0.770. The fourth-order valence-corrected chi connectivity index (χ4v) is 2.57. The smallest absolute Gasteiger partial charge is 0.242 e. The van der Waals surface area contributed by atoms with E-state index in [2.05, 4.69) is 0 Å². The highest BCUT2D eigenvalue weighted by atomic mass is 35.5. The van der Waals surface area contributed by atoms with E-state index in [1.165, 1.54) is 0 Å². The predicted molar refractivity (Wildman–Crippen MR) is 73.8 cm³/mol. The molecule has 0 radical (unpaired) electrons. The summed E-state index contributed by atoms with van der Waals surface area (Å²) in [7, 11) is 0. The van der Waals surface area contributed by atoms with Crippen molar-refractivity contribution in [1.29, 1.82) is 0 Å². The SMILES string of the molecule is CC(C)(N)C(=O)N1CCc2ccc(Cl)c(Cl)c2C1. The first-order valence-corrected chi connectivity index (χ1v) is 6.60. The number of halogens is 2. The predicted octanol–water partition coefficient (Wildman–Crippen LogP) is 2.62. The highest BCUT2D eigenvalue weighted by molar-refractivity contribution is 6.42. The van der Waals surface area contributed by atoms with Gasteiger partial charge in [0.1, 0.15) is 0 Å². The van der Waals surface area contributed by atoms with Gasteiger partial charge >= 0.3 is 0 Å². The Morgan fingerprint density at radius 1 is 1.39 bits per heavy atom. The van der Waals surface area contributed by atoms with Crippen LogP contribution in [0.5, 0.6) is 0 Å². The molecule has 5 heteroatoms. The van der Waals surface area contributed by atoms with Crippen molar-refractivity contribution >= 4 is 29.1 Å². The summed E-state index contributed by atoms with van der Waals surface area (Å²) in [4.78, 5) is 13.9. The van der Waals surface area contributed by atoms with Gasteiger partial charge in [-0.15, -0.1) is 0 Å². The molecule has 1 amide bonds. The van der Waals surface area contributed by atoms with E-state index in [0.717, 1.165) is 17.5 Å². The molecular weight excluding hydrogens is 271 g/mol. The molecule has 2 rings (SSSR count). The minimum atomic E-state index is -0.859. The first-order chi connectivity index (χ1) is 8.30. The molecule has 0 saturated heterocycles. The van der Waals surface area contributed by atoms with E-state index in [1.807, 2.05) is 6.07 Å². The van der Waals surface area contributed by atoms with Crippen molar-refractivity contribution in [3.05, 3.63) is 33.3 Å². The largest absolute Gasteiger partial charge is 0.336 e. The van der Waals surface area contributed by atoms with Crippen LogP contribution in [0.2, 0.25) is 10.0 Å². The molecule has 1 aliphatic rings. The zero-order valence-corrected chi connectivity index (χ0v) is 12.0. The number of amides is 1. The van der Waals surface area contributed by atoms with Crippen LogP contribution >= 0.6 is 23.2 Å². The molecule has 0 aromatic heterocycles. The number of carbonyl (C=O) groups is 1. The molecule has 0 unspecified atom stereocenters. The van der Waals surface area contributed by atoms with E-state index < -0.39 is 5.54 Å². The second kappa shape index (κ2) is 4.72. The van der Waals surface area contributed by atoms with Crippen LogP contribution in [0.1, 0.15) is 25.0 Å². The summed E-state index contributed by atoms with van der Waals surface area (Å²) in [6.45, 7) is 4.58. The molecule has 1 aromatic carbocycles. The lowest BCUT2D eigenvalue weighted by molar-refractivity contribution is -0.136. The van der Waals surface area contributed by atoms with E-state index in [1.54, 1.807) is 24.8 Å². The fraction of sp³-hybridized carbons (Fsp3) is 0.462. The molecule has 1 heterocycles. The molecule has 0 saturated carbocycles. The summed E-state index contributed by atoms with van der Waals surface area (Å²) in [6.07, 6.45) is 0.786. The first kappa shape index (κ1) is 13.7. The van der Waals surface area contributed by atoms with E-state index in [0.29, 0.717) is 23.1 Å². The number of hydrogen-bond acceptors (Lipinski definition) is 2. The third kappa shape index (κ3) is 2.48. The number of nitrogens with two attached hydrogens (primary N) is 1. The van der Waals surface area contributed by atoms with Crippen molar-refractivity contribution in [3.8, 4) is 0 Å². The van der Waals surface area contributed by atoms with Gasteiger partial charge in [-0.1, -0.05) is 29.3 Å². The van der Waals surface area contributed by atoms with Gasteiger partial charge < -0.3 is 10.6 Å². The van der Waals surface area contributed by atoms with Gasteiger partial charge in [0.25, 0.3) is 0 Å². The monoisotopic (exact) mass is 286 g/mol. The Labute approximate surface area is 117 Å². The number of hydrogen-bond donors (Lipinski definition) is 1. The number of benzene rings is 1. The lowest BCUT2D eigenvalue weighted by Crippen LogP contribution is -2.52. The quantitative estimate of drug-likeness (QED) is 0.863. The third-order valence-electron chi connectivity index (χ3n) is 3.13. The Kier molecular flexibility index (Phi) is 3.58. The van der Waals surface area contributed by atoms with Crippen LogP contribution in [0.4, 0.5) is 0 Å². The lowest BCUT2D eigenvalue weighted by atomic mass is 9.97. The maximum Gasteiger partial charge on any atom is 0.242 e. The minimum Gasteiger partial charge on any atom is -0.336 e. The van der Waals surface area contributed by atoms with Gasteiger partial charge in [0.05, 0.1) is 15.6 Å². The number of nitrogens with zero attached hydrogens (tertiary/aromatic N) is 1. The maximum atomic E-state index is 12.2. The maximum absolute atomic E-state index is 12.2. The van der Waals surface area contributed by atoms with Crippen molar-refractivity contribution in [2.24, 2.45) is 5.73 Å². The highest BCUT2D eigenvalue weighted by Crippen LogP contribution is 2.32. The van der Waals surface area contributed by atoms with Gasteiger partial charge in [-0.3, -0.25) is 4.79 Å². The summed E-state index contributed by atoms with van der Waals surface area (Å²) in [5.41, 5.74) is 7.08. The van der Waals surface area contributed by atoms with E-state index >= 15 is 0 Å². The molecule has 0 aliphatic carbocycles. The van der Waals surface area contributed by atoms with Gasteiger partial charge in [0, 0.05) is 13.1 Å². The van der Waals surface area contributed by atoms with Gasteiger partial charge in [-0.25, -0.2) is 0 Å². The van der Waals surface area contributed by atoms with Crippen LogP contribution in [0.25, 0.3) is 0 Å². The Balaban J connectivity index is 2.30. The molecule has 1 aliphatic heterocycles. The van der Waals surface area contributed by atoms with Crippen molar-refractivity contribution in [2.45, 2.75) is 32.4 Å². The van der Waals surface area contributed by atoms with Crippen LogP contribution in [-0.2, 0) is 17.8 Å². The first-order valence-electron chi connectivity index (χ1n) is 5.84. The Bertz CT molecular complexity index is 494. The summed E-state index contributed by atoms with van der Waals surface area (Å²) in [5, 5.41) is 1.07. The number of fused-ring (bicyclic) bond motifs is 1. The number of rotatable bonds is 1. The average Bonchev–Trinajstić information content (AvgIpc) is 2.31. The van der Waals surface area contributed by atoms with Crippen molar-refractivity contribution in [3.63, 3.8) is 0 Å². The molecule has 0 fully saturated rings. The van der Waals surface area contributed by atoms with E-state index in [9.17, 15) is 4.79 Å². The van der Waals surface area contributed by atoms with Crippen LogP contribution in [0.3, 0.4) is 0 Å². The average molecular weight is 287 g/mol. The van der Waals surface area contributed by atoms with Gasteiger partial charge in [-0.05, 0) is 37.5 Å². The van der Waals surface area contributed by atoms with Gasteiger partial charge in [0.15, 0.2) is 0 Å². The van der Waals surface area contributed by atoms with Gasteiger partial charge in [0.2, 0.25) is 5.91 Å². The van der Waals surface area contributed by atoms with E-state index in [-0.39, 0.29) is 5.91 Å².